The second-order valence-electron chi connectivity index (χ2n) is 5.06. The molecule has 3 N–H and O–H groups in total. The van der Waals surface area contributed by atoms with Gasteiger partial charge >= 0.3 is 5.97 Å². The number of nitrogen functional groups attached to an aromatic ring is 1. The lowest BCUT2D eigenvalue weighted by Gasteiger charge is -2.25. The molecule has 0 spiro atoms. The Labute approximate surface area is 124 Å². The van der Waals surface area contributed by atoms with Crippen molar-refractivity contribution in [3.05, 3.63) is 23.8 Å². The van der Waals surface area contributed by atoms with Crippen LogP contribution >= 0.6 is 0 Å². The number of nitrogens with one attached hydrogen (secondary N) is 1. The van der Waals surface area contributed by atoms with Crippen LogP contribution in [0.3, 0.4) is 0 Å². The van der Waals surface area contributed by atoms with E-state index in [1.165, 1.54) is 0 Å². The van der Waals surface area contributed by atoms with Gasteiger partial charge in [0.1, 0.15) is 9.84 Å². The highest BCUT2D eigenvalue weighted by Gasteiger charge is 2.24. The van der Waals surface area contributed by atoms with E-state index in [-0.39, 0.29) is 24.2 Å². The van der Waals surface area contributed by atoms with Crippen LogP contribution in [0.4, 0.5) is 11.4 Å². The molecule has 1 heterocycles. The van der Waals surface area contributed by atoms with Gasteiger partial charge in [-0.15, -0.1) is 0 Å². The first-order valence-electron chi connectivity index (χ1n) is 6.95. The van der Waals surface area contributed by atoms with Crippen LogP contribution in [0.1, 0.15) is 30.1 Å². The van der Waals surface area contributed by atoms with Crippen molar-refractivity contribution in [2.45, 2.75) is 25.8 Å². The van der Waals surface area contributed by atoms with Crippen LogP contribution in [0.5, 0.6) is 0 Å². The lowest BCUT2D eigenvalue weighted by Crippen LogP contribution is -2.32. The molecule has 6 nitrogen and oxygen atoms in total. The van der Waals surface area contributed by atoms with E-state index in [1.54, 1.807) is 25.1 Å². The average Bonchev–Trinajstić information content (AvgIpc) is 2.43. The van der Waals surface area contributed by atoms with Crippen LogP contribution in [-0.2, 0) is 14.6 Å². The summed E-state index contributed by atoms with van der Waals surface area (Å²) in [7, 11) is -2.89. The molecule has 0 aliphatic carbocycles. The molecular weight excluding hydrogens is 292 g/mol. The number of esters is 1. The molecule has 0 saturated carbocycles. The van der Waals surface area contributed by atoms with E-state index >= 15 is 0 Å². The molecule has 1 aliphatic heterocycles. The van der Waals surface area contributed by atoms with Gasteiger partial charge in [0.05, 0.1) is 35.1 Å². The number of benzene rings is 1. The number of sulfone groups is 1. The minimum atomic E-state index is -2.89. The normalized spacial score (nSPS) is 18.1. The predicted molar refractivity (Wildman–Crippen MR) is 82.1 cm³/mol. The van der Waals surface area contributed by atoms with Gasteiger partial charge in [0.15, 0.2) is 0 Å². The zero-order valence-corrected chi connectivity index (χ0v) is 12.8. The Morgan fingerprint density at radius 2 is 2.05 bits per heavy atom. The summed E-state index contributed by atoms with van der Waals surface area (Å²) in [6.07, 6.45) is 1.09. The summed E-state index contributed by atoms with van der Waals surface area (Å²) in [5.41, 5.74) is 7.31. The van der Waals surface area contributed by atoms with Crippen molar-refractivity contribution in [1.29, 1.82) is 0 Å². The highest BCUT2D eigenvalue weighted by Crippen LogP contribution is 2.26. The third-order valence-corrected chi connectivity index (χ3v) is 5.23. The first-order chi connectivity index (χ1) is 9.93. The quantitative estimate of drug-likeness (QED) is 0.645. The van der Waals surface area contributed by atoms with Crippen LogP contribution in [0.15, 0.2) is 18.2 Å². The number of hydrogen-bond acceptors (Lipinski definition) is 6. The number of carbonyl (C=O) groups excluding carboxylic acids is 1. The molecule has 21 heavy (non-hydrogen) atoms. The van der Waals surface area contributed by atoms with Crippen molar-refractivity contribution in [2.75, 3.05) is 29.2 Å². The number of rotatable bonds is 4. The number of carbonyl (C=O) groups is 1. The summed E-state index contributed by atoms with van der Waals surface area (Å²) in [5, 5.41) is 3.23. The molecule has 1 fully saturated rings. The second-order valence-corrected chi connectivity index (χ2v) is 7.36. The number of nitrogens with two attached hydrogens (primary N) is 1. The zero-order chi connectivity index (χ0) is 15.5. The third-order valence-electron chi connectivity index (χ3n) is 3.52. The summed E-state index contributed by atoms with van der Waals surface area (Å²) >= 11 is 0. The summed E-state index contributed by atoms with van der Waals surface area (Å²) in [6, 6.07) is 5.17. The number of hydrogen-bond donors (Lipinski definition) is 2. The molecule has 1 aromatic carbocycles. The van der Waals surface area contributed by atoms with Crippen LogP contribution in [0, 0.1) is 0 Å². The van der Waals surface area contributed by atoms with Crippen LogP contribution < -0.4 is 11.1 Å². The van der Waals surface area contributed by atoms with Gasteiger partial charge in [-0.25, -0.2) is 13.2 Å². The van der Waals surface area contributed by atoms with Crippen LogP contribution in [0.25, 0.3) is 0 Å². The van der Waals surface area contributed by atoms with Crippen molar-refractivity contribution in [2.24, 2.45) is 0 Å². The van der Waals surface area contributed by atoms with E-state index in [1.807, 2.05) is 0 Å². The lowest BCUT2D eigenvalue weighted by atomic mass is 10.1. The number of ether oxygens (including phenoxy) is 1. The summed E-state index contributed by atoms with van der Waals surface area (Å²) < 4.78 is 27.8. The van der Waals surface area contributed by atoms with Gasteiger partial charge in [-0.3, -0.25) is 0 Å². The van der Waals surface area contributed by atoms with E-state index < -0.39 is 15.8 Å². The molecule has 0 unspecified atom stereocenters. The predicted octanol–water partition coefficient (Wildman–Crippen LogP) is 1.43. The van der Waals surface area contributed by atoms with Gasteiger partial charge in [0.25, 0.3) is 0 Å². The highest BCUT2D eigenvalue weighted by atomic mass is 32.2. The molecule has 0 radical (unpaired) electrons. The minimum Gasteiger partial charge on any atom is -0.462 e. The second kappa shape index (κ2) is 6.34. The smallest absolute Gasteiger partial charge is 0.340 e. The lowest BCUT2D eigenvalue weighted by molar-refractivity contribution is 0.0527. The van der Waals surface area contributed by atoms with E-state index in [9.17, 15) is 13.2 Å². The van der Waals surface area contributed by atoms with E-state index in [0.29, 0.717) is 29.8 Å². The topological polar surface area (TPSA) is 98.5 Å². The maximum atomic E-state index is 11.8. The van der Waals surface area contributed by atoms with Gasteiger partial charge in [0, 0.05) is 6.04 Å². The maximum Gasteiger partial charge on any atom is 0.340 e. The highest BCUT2D eigenvalue weighted by molar-refractivity contribution is 7.91. The van der Waals surface area contributed by atoms with Crippen molar-refractivity contribution < 1.29 is 17.9 Å². The largest absolute Gasteiger partial charge is 0.462 e. The Balaban J connectivity index is 2.11. The average molecular weight is 312 g/mol. The maximum absolute atomic E-state index is 11.8. The molecule has 116 valence electrons. The molecular formula is C14H20N2O4S. The Morgan fingerprint density at radius 3 is 2.67 bits per heavy atom. The number of para-hydroxylation sites is 1. The van der Waals surface area contributed by atoms with Crippen molar-refractivity contribution in [3.8, 4) is 0 Å². The van der Waals surface area contributed by atoms with Crippen molar-refractivity contribution in [3.63, 3.8) is 0 Å². The van der Waals surface area contributed by atoms with Gasteiger partial charge in [0.2, 0.25) is 0 Å². The molecule has 0 amide bonds. The molecule has 1 aliphatic rings. The Bertz CT molecular complexity index is 614. The minimum absolute atomic E-state index is 0.0493. The third kappa shape index (κ3) is 3.87. The van der Waals surface area contributed by atoms with Crippen LogP contribution in [0.2, 0.25) is 0 Å². The fraction of sp³-hybridized carbons (Fsp3) is 0.500. The fourth-order valence-electron chi connectivity index (χ4n) is 2.33. The molecule has 2 rings (SSSR count). The van der Waals surface area contributed by atoms with Gasteiger partial charge in [-0.1, -0.05) is 6.07 Å². The molecule has 7 heteroatoms. The standard InChI is InChI=1S/C14H20N2O4S/c1-2-20-14(17)11-4-3-5-12(13(11)15)16-10-6-8-21(18,19)9-7-10/h3-5,10,16H,2,6-9,15H2,1H3. The van der Waals surface area contributed by atoms with E-state index in [0.717, 1.165) is 0 Å². The van der Waals surface area contributed by atoms with E-state index in [2.05, 4.69) is 5.32 Å². The summed E-state index contributed by atoms with van der Waals surface area (Å²) in [4.78, 5) is 11.8. The van der Waals surface area contributed by atoms with E-state index in [4.69, 9.17) is 10.5 Å². The first kappa shape index (κ1) is 15.6. The van der Waals surface area contributed by atoms with Crippen molar-refractivity contribution in [1.82, 2.24) is 0 Å². The fourth-order valence-corrected chi connectivity index (χ4v) is 3.82. The first-order valence-corrected chi connectivity index (χ1v) is 8.77. The molecule has 0 atom stereocenters. The van der Waals surface area contributed by atoms with Gasteiger partial charge in [-0.05, 0) is 31.9 Å². The van der Waals surface area contributed by atoms with Crippen molar-refractivity contribution >= 4 is 27.2 Å². The van der Waals surface area contributed by atoms with Gasteiger partial charge in [-0.2, -0.15) is 0 Å². The Morgan fingerprint density at radius 1 is 1.38 bits per heavy atom. The Hall–Kier alpha value is -1.76. The number of anilines is 2. The monoisotopic (exact) mass is 312 g/mol. The van der Waals surface area contributed by atoms with Gasteiger partial charge < -0.3 is 15.8 Å². The summed E-state index contributed by atoms with van der Waals surface area (Å²) in [6.45, 7) is 2.02. The molecule has 1 aromatic rings. The van der Waals surface area contributed by atoms with Crippen LogP contribution in [-0.4, -0.2) is 38.5 Å². The zero-order valence-electron chi connectivity index (χ0n) is 12.0. The molecule has 0 aromatic heterocycles. The summed E-state index contributed by atoms with van der Waals surface area (Å²) in [5.74, 6) is -0.0885. The molecule has 1 saturated heterocycles. The SMILES string of the molecule is CCOC(=O)c1cccc(NC2CCS(=O)(=O)CC2)c1N. The molecule has 0 bridgehead atoms. The Kier molecular flexibility index (Phi) is 4.72.